The molecule has 0 spiro atoms. The normalized spacial score (nSPS) is 12.6. The van der Waals surface area contributed by atoms with E-state index < -0.39 is 17.8 Å². The summed E-state index contributed by atoms with van der Waals surface area (Å²) in [7, 11) is 1.56. The smallest absolute Gasteiger partial charge is 0.393 e. The van der Waals surface area contributed by atoms with E-state index in [1.165, 1.54) is 17.0 Å². The number of hydrogen-bond acceptors (Lipinski definition) is 2. The summed E-state index contributed by atoms with van der Waals surface area (Å²) in [5.74, 6) is 0. The molecule has 0 saturated heterocycles. The van der Waals surface area contributed by atoms with Crippen LogP contribution in [0.15, 0.2) is 24.3 Å². The van der Waals surface area contributed by atoms with E-state index in [1.54, 1.807) is 14.0 Å². The number of nitrogens with zero attached hydrogens (tertiary/aromatic N) is 1. The average Bonchev–Trinajstić information content (AvgIpc) is 2.36. The van der Waals surface area contributed by atoms with Gasteiger partial charge in [-0.25, -0.2) is 4.79 Å². The lowest BCUT2D eigenvalue weighted by Crippen LogP contribution is -2.40. The molecule has 0 bridgehead atoms. The van der Waals surface area contributed by atoms with Crippen molar-refractivity contribution in [2.45, 2.75) is 25.6 Å². The number of carbonyl (C=O) groups is 1. The molecule has 1 rings (SSSR count). The standard InChI is InChI=1S/C13H16F3N3OS/c1-8(7-11(17)21)19(2)12(20)18-10-5-3-9(4-6-10)13(14,15)16/h3-6,8H,7H2,1-2H3,(H2,17,21)(H,18,20). The van der Waals surface area contributed by atoms with Gasteiger partial charge in [0.2, 0.25) is 0 Å². The van der Waals surface area contributed by atoms with Crippen LogP contribution >= 0.6 is 12.2 Å². The molecule has 4 nitrogen and oxygen atoms in total. The molecule has 1 unspecified atom stereocenters. The van der Waals surface area contributed by atoms with E-state index in [1.807, 2.05) is 0 Å². The van der Waals surface area contributed by atoms with Crippen molar-refractivity contribution < 1.29 is 18.0 Å². The number of amides is 2. The molecule has 0 aliphatic rings. The highest BCUT2D eigenvalue weighted by Crippen LogP contribution is 2.29. The van der Waals surface area contributed by atoms with Gasteiger partial charge >= 0.3 is 12.2 Å². The molecule has 21 heavy (non-hydrogen) atoms. The van der Waals surface area contributed by atoms with Crippen LogP contribution in [-0.2, 0) is 6.18 Å². The first kappa shape index (κ1) is 17.2. The summed E-state index contributed by atoms with van der Waals surface area (Å²) in [6.45, 7) is 1.77. The van der Waals surface area contributed by atoms with Crippen molar-refractivity contribution >= 4 is 28.9 Å². The van der Waals surface area contributed by atoms with Crippen LogP contribution in [0.25, 0.3) is 0 Å². The van der Waals surface area contributed by atoms with Crippen molar-refractivity contribution in [2.24, 2.45) is 5.73 Å². The Hall–Kier alpha value is -1.83. The Kier molecular flexibility index (Phi) is 5.54. The van der Waals surface area contributed by atoms with Crippen LogP contribution < -0.4 is 11.1 Å². The first-order valence-corrected chi connectivity index (χ1v) is 6.51. The molecule has 1 aromatic rings. The summed E-state index contributed by atoms with van der Waals surface area (Å²) in [6, 6.07) is 3.57. The lowest BCUT2D eigenvalue weighted by Gasteiger charge is -2.24. The third-order valence-electron chi connectivity index (χ3n) is 2.94. The highest BCUT2D eigenvalue weighted by atomic mass is 32.1. The van der Waals surface area contributed by atoms with Crippen LogP contribution in [0.5, 0.6) is 0 Å². The molecule has 0 aromatic heterocycles. The second kappa shape index (κ2) is 6.75. The Bertz CT molecular complexity index is 516. The number of thiocarbonyl (C=S) groups is 1. The van der Waals surface area contributed by atoms with E-state index in [-0.39, 0.29) is 16.7 Å². The molecule has 2 amide bonds. The molecule has 0 radical (unpaired) electrons. The van der Waals surface area contributed by atoms with Crippen molar-refractivity contribution in [3.05, 3.63) is 29.8 Å². The number of nitrogens with one attached hydrogen (secondary N) is 1. The maximum absolute atomic E-state index is 12.4. The third kappa shape index (κ3) is 5.22. The first-order valence-electron chi connectivity index (χ1n) is 6.10. The summed E-state index contributed by atoms with van der Waals surface area (Å²) < 4.78 is 37.3. The summed E-state index contributed by atoms with van der Waals surface area (Å²) in [5.41, 5.74) is 4.92. The van der Waals surface area contributed by atoms with Crippen molar-refractivity contribution in [1.82, 2.24) is 4.90 Å². The second-order valence-electron chi connectivity index (χ2n) is 4.64. The molecule has 0 fully saturated rings. The van der Waals surface area contributed by atoms with Gasteiger partial charge in [-0.2, -0.15) is 13.2 Å². The SMILES string of the molecule is CC(CC(N)=S)N(C)C(=O)Nc1ccc(C(F)(F)F)cc1. The summed E-state index contributed by atoms with van der Waals surface area (Å²) >= 11 is 4.77. The van der Waals surface area contributed by atoms with Gasteiger partial charge in [0.05, 0.1) is 10.6 Å². The zero-order valence-electron chi connectivity index (χ0n) is 11.6. The number of urea groups is 1. The molecular formula is C13H16F3N3OS. The van der Waals surface area contributed by atoms with E-state index in [0.29, 0.717) is 6.42 Å². The lowest BCUT2D eigenvalue weighted by atomic mass is 10.2. The molecule has 116 valence electrons. The third-order valence-corrected chi connectivity index (χ3v) is 3.11. The fourth-order valence-electron chi connectivity index (χ4n) is 1.58. The fourth-order valence-corrected chi connectivity index (χ4v) is 1.82. The fraction of sp³-hybridized carbons (Fsp3) is 0.385. The van der Waals surface area contributed by atoms with Crippen LogP contribution in [0.1, 0.15) is 18.9 Å². The number of alkyl halides is 3. The average molecular weight is 319 g/mol. The van der Waals surface area contributed by atoms with E-state index in [0.717, 1.165) is 12.1 Å². The number of nitrogens with two attached hydrogens (primary N) is 1. The Morgan fingerprint density at radius 1 is 1.38 bits per heavy atom. The zero-order chi connectivity index (χ0) is 16.2. The Morgan fingerprint density at radius 3 is 2.33 bits per heavy atom. The van der Waals surface area contributed by atoms with Crippen molar-refractivity contribution in [1.29, 1.82) is 0 Å². The Morgan fingerprint density at radius 2 is 1.90 bits per heavy atom. The molecule has 1 atom stereocenters. The van der Waals surface area contributed by atoms with E-state index >= 15 is 0 Å². The monoisotopic (exact) mass is 319 g/mol. The minimum atomic E-state index is -4.40. The van der Waals surface area contributed by atoms with E-state index in [9.17, 15) is 18.0 Å². The van der Waals surface area contributed by atoms with Crippen molar-refractivity contribution in [2.75, 3.05) is 12.4 Å². The summed E-state index contributed by atoms with van der Waals surface area (Å²) in [6.07, 6.45) is -4.03. The molecule has 0 heterocycles. The molecule has 0 aliphatic carbocycles. The highest BCUT2D eigenvalue weighted by Gasteiger charge is 2.30. The molecular weight excluding hydrogens is 303 g/mol. The second-order valence-corrected chi connectivity index (χ2v) is 5.16. The number of benzene rings is 1. The maximum atomic E-state index is 12.4. The number of carbonyl (C=O) groups excluding carboxylic acids is 1. The summed E-state index contributed by atoms with van der Waals surface area (Å²) in [4.78, 5) is 13.6. The van der Waals surface area contributed by atoms with Gasteiger partial charge in [-0.15, -0.1) is 0 Å². The quantitative estimate of drug-likeness (QED) is 0.838. The van der Waals surface area contributed by atoms with Gasteiger partial charge in [-0.05, 0) is 31.2 Å². The van der Waals surface area contributed by atoms with Gasteiger partial charge in [-0.1, -0.05) is 12.2 Å². The number of halogens is 3. The molecule has 3 N–H and O–H groups in total. The largest absolute Gasteiger partial charge is 0.416 e. The van der Waals surface area contributed by atoms with Gasteiger partial charge in [-0.3, -0.25) is 0 Å². The minimum absolute atomic E-state index is 0.211. The Balaban J connectivity index is 2.68. The van der Waals surface area contributed by atoms with Gasteiger partial charge in [0.1, 0.15) is 0 Å². The zero-order valence-corrected chi connectivity index (χ0v) is 12.4. The van der Waals surface area contributed by atoms with Gasteiger partial charge < -0.3 is 16.0 Å². The van der Waals surface area contributed by atoms with Crippen LogP contribution in [0.3, 0.4) is 0 Å². The van der Waals surface area contributed by atoms with Gasteiger partial charge in [0.25, 0.3) is 0 Å². The maximum Gasteiger partial charge on any atom is 0.416 e. The van der Waals surface area contributed by atoms with E-state index in [4.69, 9.17) is 18.0 Å². The van der Waals surface area contributed by atoms with Crippen LogP contribution in [0.2, 0.25) is 0 Å². The van der Waals surface area contributed by atoms with E-state index in [2.05, 4.69) is 5.32 Å². The predicted molar refractivity (Wildman–Crippen MR) is 79.1 cm³/mol. The minimum Gasteiger partial charge on any atom is -0.393 e. The van der Waals surface area contributed by atoms with Gasteiger partial charge in [0, 0.05) is 25.2 Å². The highest BCUT2D eigenvalue weighted by molar-refractivity contribution is 7.80. The number of hydrogen-bond donors (Lipinski definition) is 2. The first-order chi connectivity index (χ1) is 9.61. The molecule has 0 aliphatic heterocycles. The summed E-state index contributed by atoms with van der Waals surface area (Å²) in [5, 5.41) is 2.51. The topological polar surface area (TPSA) is 58.4 Å². The Labute approximate surface area is 126 Å². The lowest BCUT2D eigenvalue weighted by molar-refractivity contribution is -0.137. The van der Waals surface area contributed by atoms with Crippen LogP contribution in [-0.4, -0.2) is 29.0 Å². The van der Waals surface area contributed by atoms with Crippen LogP contribution in [0.4, 0.5) is 23.7 Å². The van der Waals surface area contributed by atoms with Gasteiger partial charge in [0.15, 0.2) is 0 Å². The van der Waals surface area contributed by atoms with Crippen molar-refractivity contribution in [3.8, 4) is 0 Å². The van der Waals surface area contributed by atoms with Crippen LogP contribution in [0, 0.1) is 0 Å². The van der Waals surface area contributed by atoms with Crippen molar-refractivity contribution in [3.63, 3.8) is 0 Å². The number of rotatable bonds is 4. The predicted octanol–water partition coefficient (Wildman–Crippen LogP) is 3.23. The molecule has 1 aromatic carbocycles. The molecule has 0 saturated carbocycles. The number of anilines is 1. The molecule has 8 heteroatoms.